The van der Waals surface area contributed by atoms with E-state index in [0.29, 0.717) is 43.2 Å². The molecule has 0 aromatic heterocycles. The van der Waals surface area contributed by atoms with E-state index in [4.69, 9.17) is 4.74 Å². The SMILES string of the molecule is CCOC(=O)c1ccc(NC(=O)C2CCN(C(=O)c3ccc(F)cc3F)CC2)cc1. The van der Waals surface area contributed by atoms with Gasteiger partial charge in [0.15, 0.2) is 0 Å². The smallest absolute Gasteiger partial charge is 0.338 e. The Morgan fingerprint density at radius 3 is 2.33 bits per heavy atom. The van der Waals surface area contributed by atoms with Gasteiger partial charge in [-0.25, -0.2) is 13.6 Å². The number of esters is 1. The fraction of sp³-hybridized carbons (Fsp3) is 0.318. The van der Waals surface area contributed by atoms with Crippen LogP contribution < -0.4 is 5.32 Å². The largest absolute Gasteiger partial charge is 0.462 e. The quantitative estimate of drug-likeness (QED) is 0.756. The zero-order valence-electron chi connectivity index (χ0n) is 16.5. The Morgan fingerprint density at radius 2 is 1.73 bits per heavy atom. The third-order valence-electron chi connectivity index (χ3n) is 4.98. The molecule has 0 bridgehead atoms. The van der Waals surface area contributed by atoms with Crippen LogP contribution in [0.4, 0.5) is 14.5 Å². The van der Waals surface area contributed by atoms with Crippen molar-refractivity contribution in [3.05, 3.63) is 65.2 Å². The van der Waals surface area contributed by atoms with Gasteiger partial charge in [-0.1, -0.05) is 0 Å². The zero-order chi connectivity index (χ0) is 21.7. The fourth-order valence-corrected chi connectivity index (χ4v) is 3.33. The molecule has 6 nitrogen and oxygen atoms in total. The summed E-state index contributed by atoms with van der Waals surface area (Å²) in [4.78, 5) is 38.1. The van der Waals surface area contributed by atoms with Gasteiger partial charge in [-0.3, -0.25) is 9.59 Å². The van der Waals surface area contributed by atoms with E-state index in [1.54, 1.807) is 31.2 Å². The summed E-state index contributed by atoms with van der Waals surface area (Å²) in [5.74, 6) is -3.05. The van der Waals surface area contributed by atoms with Gasteiger partial charge < -0.3 is 15.0 Å². The van der Waals surface area contributed by atoms with Gasteiger partial charge in [0.1, 0.15) is 11.6 Å². The summed E-state index contributed by atoms with van der Waals surface area (Å²) in [6, 6.07) is 9.26. The first-order valence-corrected chi connectivity index (χ1v) is 9.71. The molecule has 1 saturated heterocycles. The van der Waals surface area contributed by atoms with Gasteiger partial charge in [-0.15, -0.1) is 0 Å². The van der Waals surface area contributed by atoms with Gasteiger partial charge in [0, 0.05) is 30.8 Å². The Kier molecular flexibility index (Phi) is 6.76. The first kappa shape index (κ1) is 21.4. The van der Waals surface area contributed by atoms with E-state index in [1.807, 2.05) is 0 Å². The van der Waals surface area contributed by atoms with Gasteiger partial charge in [0.2, 0.25) is 5.91 Å². The van der Waals surface area contributed by atoms with E-state index in [2.05, 4.69) is 5.32 Å². The molecule has 2 amide bonds. The number of nitrogens with one attached hydrogen (secondary N) is 1. The van der Waals surface area contributed by atoms with Gasteiger partial charge >= 0.3 is 5.97 Å². The van der Waals surface area contributed by atoms with E-state index in [1.165, 1.54) is 4.90 Å². The van der Waals surface area contributed by atoms with Crippen molar-refractivity contribution >= 4 is 23.5 Å². The number of ether oxygens (including phenoxy) is 1. The zero-order valence-corrected chi connectivity index (χ0v) is 16.5. The number of nitrogens with zero attached hydrogens (tertiary/aromatic N) is 1. The normalized spacial score (nSPS) is 14.3. The molecule has 3 rings (SSSR count). The maximum atomic E-state index is 13.8. The van der Waals surface area contributed by atoms with Crippen molar-refractivity contribution < 1.29 is 27.9 Å². The Labute approximate surface area is 172 Å². The van der Waals surface area contributed by atoms with Crippen LogP contribution in [0.3, 0.4) is 0 Å². The minimum atomic E-state index is -0.897. The van der Waals surface area contributed by atoms with Gasteiger partial charge in [0.05, 0.1) is 17.7 Å². The lowest BCUT2D eigenvalue weighted by molar-refractivity contribution is -0.121. The number of benzene rings is 2. The molecule has 8 heteroatoms. The molecule has 30 heavy (non-hydrogen) atoms. The predicted molar refractivity (Wildman–Crippen MR) is 106 cm³/mol. The average Bonchev–Trinajstić information content (AvgIpc) is 2.74. The summed E-state index contributed by atoms with van der Waals surface area (Å²) in [6.45, 7) is 2.61. The van der Waals surface area contributed by atoms with Gasteiger partial charge in [0.25, 0.3) is 5.91 Å². The highest BCUT2D eigenvalue weighted by Gasteiger charge is 2.29. The summed E-state index contributed by atoms with van der Waals surface area (Å²) >= 11 is 0. The summed E-state index contributed by atoms with van der Waals surface area (Å²) in [5, 5.41) is 2.80. The van der Waals surface area contributed by atoms with Gasteiger partial charge in [-0.05, 0) is 56.2 Å². The molecule has 0 aliphatic carbocycles. The number of carbonyl (C=O) groups excluding carboxylic acids is 3. The molecule has 2 aromatic carbocycles. The van der Waals surface area contributed by atoms with E-state index in [-0.39, 0.29) is 24.0 Å². The van der Waals surface area contributed by atoms with Gasteiger partial charge in [-0.2, -0.15) is 0 Å². The van der Waals surface area contributed by atoms with Crippen LogP contribution in [-0.4, -0.2) is 42.4 Å². The number of piperidine rings is 1. The van der Waals surface area contributed by atoms with Crippen LogP contribution in [0.5, 0.6) is 0 Å². The molecule has 1 N–H and O–H groups in total. The van der Waals surface area contributed by atoms with Crippen molar-refractivity contribution in [2.45, 2.75) is 19.8 Å². The van der Waals surface area contributed by atoms with Crippen LogP contribution in [0.1, 0.15) is 40.5 Å². The van der Waals surface area contributed by atoms with Crippen LogP contribution in [0, 0.1) is 17.6 Å². The molecule has 1 aliphatic rings. The van der Waals surface area contributed by atoms with Crippen molar-refractivity contribution in [3.8, 4) is 0 Å². The minimum Gasteiger partial charge on any atom is -0.462 e. The lowest BCUT2D eigenvalue weighted by Crippen LogP contribution is -2.41. The Hall–Kier alpha value is -3.29. The molecular weight excluding hydrogens is 394 g/mol. The van der Waals surface area contributed by atoms with E-state index in [9.17, 15) is 23.2 Å². The fourth-order valence-electron chi connectivity index (χ4n) is 3.33. The molecule has 0 saturated carbocycles. The standard InChI is InChI=1S/C22H22F2N2O4/c1-2-30-22(29)15-3-6-17(7-4-15)25-20(27)14-9-11-26(12-10-14)21(28)18-8-5-16(23)13-19(18)24/h3-8,13-14H,2,9-12H2,1H3,(H,25,27). The third kappa shape index (κ3) is 5.00. The molecule has 2 aromatic rings. The summed E-state index contributed by atoms with van der Waals surface area (Å²) in [5.41, 5.74) is 0.774. The highest BCUT2D eigenvalue weighted by atomic mass is 19.1. The maximum Gasteiger partial charge on any atom is 0.338 e. The van der Waals surface area contributed by atoms with Crippen molar-refractivity contribution in [1.29, 1.82) is 0 Å². The minimum absolute atomic E-state index is 0.180. The summed E-state index contributed by atoms with van der Waals surface area (Å²) in [7, 11) is 0. The second-order valence-electron chi connectivity index (χ2n) is 6.98. The van der Waals surface area contributed by atoms with Crippen LogP contribution in [0.2, 0.25) is 0 Å². The number of anilines is 1. The number of hydrogen-bond acceptors (Lipinski definition) is 4. The molecule has 0 atom stereocenters. The molecule has 0 unspecified atom stereocenters. The molecule has 158 valence electrons. The number of halogens is 2. The Balaban J connectivity index is 1.54. The average molecular weight is 416 g/mol. The van der Waals surface area contributed by atoms with Crippen molar-refractivity contribution in [2.24, 2.45) is 5.92 Å². The van der Waals surface area contributed by atoms with Crippen molar-refractivity contribution in [2.75, 3.05) is 25.0 Å². The van der Waals surface area contributed by atoms with Crippen molar-refractivity contribution in [3.63, 3.8) is 0 Å². The molecule has 0 spiro atoms. The molecule has 1 aliphatic heterocycles. The highest BCUT2D eigenvalue weighted by Crippen LogP contribution is 2.22. The Bertz CT molecular complexity index is 939. The number of likely N-dealkylation sites (tertiary alicyclic amines) is 1. The number of hydrogen-bond donors (Lipinski definition) is 1. The van der Waals surface area contributed by atoms with Crippen LogP contribution in [-0.2, 0) is 9.53 Å². The third-order valence-corrected chi connectivity index (χ3v) is 4.98. The number of carbonyl (C=O) groups is 3. The van der Waals surface area contributed by atoms with E-state index >= 15 is 0 Å². The Morgan fingerprint density at radius 1 is 1.07 bits per heavy atom. The van der Waals surface area contributed by atoms with Crippen LogP contribution in [0.15, 0.2) is 42.5 Å². The second kappa shape index (κ2) is 9.47. The number of amides is 2. The van der Waals surface area contributed by atoms with E-state index < -0.39 is 23.5 Å². The lowest BCUT2D eigenvalue weighted by Gasteiger charge is -2.31. The molecule has 1 heterocycles. The lowest BCUT2D eigenvalue weighted by atomic mass is 9.95. The summed E-state index contributed by atoms with van der Waals surface area (Å²) in [6.07, 6.45) is 0.864. The first-order valence-electron chi connectivity index (χ1n) is 9.71. The molecule has 1 fully saturated rings. The van der Waals surface area contributed by atoms with Crippen LogP contribution >= 0.6 is 0 Å². The maximum absolute atomic E-state index is 13.8. The van der Waals surface area contributed by atoms with Crippen molar-refractivity contribution in [1.82, 2.24) is 4.90 Å². The topological polar surface area (TPSA) is 75.7 Å². The molecule has 0 radical (unpaired) electrons. The second-order valence-corrected chi connectivity index (χ2v) is 6.98. The molecular formula is C22H22F2N2O4. The highest BCUT2D eigenvalue weighted by molar-refractivity contribution is 5.96. The number of rotatable bonds is 5. The monoisotopic (exact) mass is 416 g/mol. The summed E-state index contributed by atoms with van der Waals surface area (Å²) < 4.78 is 31.8. The van der Waals surface area contributed by atoms with Crippen LogP contribution in [0.25, 0.3) is 0 Å². The predicted octanol–water partition coefficient (Wildman–Crippen LogP) is 3.63. The first-order chi connectivity index (χ1) is 14.4. The van der Waals surface area contributed by atoms with E-state index in [0.717, 1.165) is 12.1 Å².